The number of rotatable bonds is 2. The minimum absolute atomic E-state index is 0.00560. The van der Waals surface area contributed by atoms with Crippen molar-refractivity contribution in [2.75, 3.05) is 7.11 Å². The second-order valence-electron chi connectivity index (χ2n) is 2.41. The van der Waals surface area contributed by atoms with E-state index < -0.39 is 5.82 Å². The van der Waals surface area contributed by atoms with Crippen molar-refractivity contribution in [3.05, 3.63) is 28.5 Å². The van der Waals surface area contributed by atoms with E-state index in [1.807, 2.05) is 6.07 Å². The lowest BCUT2D eigenvalue weighted by Gasteiger charge is -2.06. The first kappa shape index (κ1) is 9.82. The third kappa shape index (κ3) is 2.10. The summed E-state index contributed by atoms with van der Waals surface area (Å²) in [6.07, 6.45) is 0.156. The van der Waals surface area contributed by atoms with Gasteiger partial charge in [0.25, 0.3) is 0 Å². The summed E-state index contributed by atoms with van der Waals surface area (Å²) in [5.41, 5.74) is 0.594. The van der Waals surface area contributed by atoms with Gasteiger partial charge in [-0.1, -0.05) is 11.6 Å². The molecule has 13 heavy (non-hydrogen) atoms. The fourth-order valence-electron chi connectivity index (χ4n) is 0.983. The van der Waals surface area contributed by atoms with Crippen molar-refractivity contribution in [3.8, 4) is 11.8 Å². The van der Waals surface area contributed by atoms with Crippen molar-refractivity contribution in [3.63, 3.8) is 0 Å². The highest BCUT2D eigenvalue weighted by Crippen LogP contribution is 2.25. The smallest absolute Gasteiger partial charge is 0.145 e. The van der Waals surface area contributed by atoms with Gasteiger partial charge in [-0.15, -0.1) is 0 Å². The van der Waals surface area contributed by atoms with Crippen LogP contribution in [-0.2, 0) is 6.42 Å². The second kappa shape index (κ2) is 4.11. The predicted octanol–water partition coefficient (Wildman–Crippen LogP) is 2.55. The number of ether oxygens (including phenoxy) is 1. The Kier molecular flexibility index (Phi) is 3.10. The zero-order chi connectivity index (χ0) is 9.84. The molecule has 0 aliphatic rings. The molecule has 0 aromatic heterocycles. The highest BCUT2D eigenvalue weighted by molar-refractivity contribution is 6.30. The van der Waals surface area contributed by atoms with Crippen LogP contribution >= 0.6 is 11.6 Å². The molecule has 68 valence electrons. The van der Waals surface area contributed by atoms with Crippen LogP contribution in [0, 0.1) is 17.1 Å². The molecule has 0 saturated carbocycles. The van der Waals surface area contributed by atoms with Crippen molar-refractivity contribution in [1.29, 1.82) is 5.26 Å². The molecule has 0 fully saturated rings. The first-order valence-corrected chi connectivity index (χ1v) is 3.95. The molecule has 0 aliphatic carbocycles. The Morgan fingerprint density at radius 1 is 1.62 bits per heavy atom. The number of methoxy groups -OCH3 is 1. The van der Waals surface area contributed by atoms with Gasteiger partial charge in [0, 0.05) is 11.6 Å². The van der Waals surface area contributed by atoms with Crippen LogP contribution in [0.1, 0.15) is 5.56 Å². The SMILES string of the molecule is COc1cc(F)c(Cl)cc1CC#N. The van der Waals surface area contributed by atoms with Crippen LogP contribution in [-0.4, -0.2) is 7.11 Å². The van der Waals surface area contributed by atoms with E-state index in [4.69, 9.17) is 21.6 Å². The van der Waals surface area contributed by atoms with Crippen molar-refractivity contribution in [1.82, 2.24) is 0 Å². The van der Waals surface area contributed by atoms with Gasteiger partial charge >= 0.3 is 0 Å². The Morgan fingerprint density at radius 3 is 2.85 bits per heavy atom. The van der Waals surface area contributed by atoms with E-state index in [0.717, 1.165) is 0 Å². The number of halogens is 2. The molecule has 0 amide bonds. The molecule has 0 spiro atoms. The lowest BCUT2D eigenvalue weighted by atomic mass is 10.1. The summed E-state index contributed by atoms with van der Waals surface area (Å²) >= 11 is 5.54. The molecule has 2 nitrogen and oxygen atoms in total. The molecule has 1 rings (SSSR count). The average Bonchev–Trinajstić information content (AvgIpc) is 2.11. The zero-order valence-corrected chi connectivity index (χ0v) is 7.73. The van der Waals surface area contributed by atoms with Gasteiger partial charge in [-0.25, -0.2) is 4.39 Å². The minimum Gasteiger partial charge on any atom is -0.496 e. The summed E-state index contributed by atoms with van der Waals surface area (Å²) in [7, 11) is 1.42. The van der Waals surface area contributed by atoms with Crippen LogP contribution < -0.4 is 4.74 Å². The Labute approximate surface area is 80.5 Å². The molecule has 1 aromatic rings. The summed E-state index contributed by atoms with van der Waals surface area (Å²) < 4.78 is 17.8. The van der Waals surface area contributed by atoms with E-state index in [1.54, 1.807) is 0 Å². The number of hydrogen-bond acceptors (Lipinski definition) is 2. The van der Waals surface area contributed by atoms with Gasteiger partial charge in [0.1, 0.15) is 11.6 Å². The molecule has 0 radical (unpaired) electrons. The molecular weight excluding hydrogens is 193 g/mol. The monoisotopic (exact) mass is 199 g/mol. The minimum atomic E-state index is -0.541. The summed E-state index contributed by atoms with van der Waals surface area (Å²) in [5, 5.41) is 8.46. The number of benzene rings is 1. The fourth-order valence-corrected chi connectivity index (χ4v) is 1.17. The van der Waals surface area contributed by atoms with E-state index in [1.165, 1.54) is 19.2 Å². The van der Waals surface area contributed by atoms with E-state index in [2.05, 4.69) is 0 Å². The predicted molar refractivity (Wildman–Crippen MR) is 47.3 cm³/mol. The van der Waals surface area contributed by atoms with Gasteiger partial charge < -0.3 is 4.74 Å². The molecule has 0 unspecified atom stereocenters. The molecule has 4 heteroatoms. The van der Waals surface area contributed by atoms with Crippen LogP contribution in [0.2, 0.25) is 5.02 Å². The van der Waals surface area contributed by atoms with Crippen LogP contribution in [0.25, 0.3) is 0 Å². The average molecular weight is 200 g/mol. The normalized spacial score (nSPS) is 9.38. The lowest BCUT2D eigenvalue weighted by molar-refractivity contribution is 0.407. The fraction of sp³-hybridized carbons (Fsp3) is 0.222. The van der Waals surface area contributed by atoms with E-state index in [-0.39, 0.29) is 11.4 Å². The zero-order valence-electron chi connectivity index (χ0n) is 6.97. The van der Waals surface area contributed by atoms with Crippen LogP contribution in [0.5, 0.6) is 5.75 Å². The van der Waals surface area contributed by atoms with Gasteiger partial charge in [-0.05, 0) is 6.07 Å². The third-order valence-corrected chi connectivity index (χ3v) is 1.88. The number of hydrogen-bond donors (Lipinski definition) is 0. The van der Waals surface area contributed by atoms with Crippen molar-refractivity contribution >= 4 is 11.6 Å². The van der Waals surface area contributed by atoms with Gasteiger partial charge in [0.15, 0.2) is 0 Å². The highest BCUT2D eigenvalue weighted by Gasteiger charge is 2.08. The summed E-state index contributed by atoms with van der Waals surface area (Å²) in [5.74, 6) is -0.191. The Balaban J connectivity index is 3.18. The van der Waals surface area contributed by atoms with Gasteiger partial charge in [0.2, 0.25) is 0 Å². The van der Waals surface area contributed by atoms with Crippen LogP contribution in [0.3, 0.4) is 0 Å². The number of nitriles is 1. The Bertz CT molecular complexity index is 359. The second-order valence-corrected chi connectivity index (χ2v) is 2.82. The first-order valence-electron chi connectivity index (χ1n) is 3.58. The van der Waals surface area contributed by atoms with Crippen LogP contribution in [0.4, 0.5) is 4.39 Å². The summed E-state index contributed by atoms with van der Waals surface area (Å²) in [6.45, 7) is 0. The van der Waals surface area contributed by atoms with E-state index >= 15 is 0 Å². The standard InChI is InChI=1S/C9H7ClFNO/c1-13-9-5-8(11)7(10)4-6(9)2-3-12/h4-5H,2H2,1H3. The summed E-state index contributed by atoms with van der Waals surface area (Å²) in [6, 6.07) is 4.52. The third-order valence-electron chi connectivity index (χ3n) is 1.59. The van der Waals surface area contributed by atoms with Crippen molar-refractivity contribution in [2.45, 2.75) is 6.42 Å². The molecule has 0 heterocycles. The quantitative estimate of drug-likeness (QED) is 0.734. The Hall–Kier alpha value is -1.27. The van der Waals surface area contributed by atoms with Gasteiger partial charge in [-0.2, -0.15) is 5.26 Å². The molecule has 1 aromatic carbocycles. The van der Waals surface area contributed by atoms with Gasteiger partial charge in [0.05, 0.1) is 24.6 Å². The maximum Gasteiger partial charge on any atom is 0.145 e. The molecular formula is C9H7ClFNO. The molecule has 0 atom stereocenters. The van der Waals surface area contributed by atoms with Crippen LogP contribution in [0.15, 0.2) is 12.1 Å². The summed E-state index contributed by atoms with van der Waals surface area (Å²) in [4.78, 5) is 0. The van der Waals surface area contributed by atoms with E-state index in [9.17, 15) is 4.39 Å². The van der Waals surface area contributed by atoms with Crippen molar-refractivity contribution in [2.24, 2.45) is 0 Å². The molecule has 0 saturated heterocycles. The Morgan fingerprint density at radius 2 is 2.31 bits per heavy atom. The highest BCUT2D eigenvalue weighted by atomic mass is 35.5. The van der Waals surface area contributed by atoms with Gasteiger partial charge in [-0.3, -0.25) is 0 Å². The molecule has 0 bridgehead atoms. The lowest BCUT2D eigenvalue weighted by Crippen LogP contribution is -1.92. The maximum atomic E-state index is 12.9. The van der Waals surface area contributed by atoms with Crippen molar-refractivity contribution < 1.29 is 9.13 Å². The maximum absolute atomic E-state index is 12.9. The molecule has 0 aliphatic heterocycles. The van der Waals surface area contributed by atoms with E-state index in [0.29, 0.717) is 11.3 Å². The first-order chi connectivity index (χ1) is 6.19. The number of nitrogens with zero attached hydrogens (tertiary/aromatic N) is 1. The molecule has 0 N–H and O–H groups in total. The topological polar surface area (TPSA) is 33.0 Å². The largest absolute Gasteiger partial charge is 0.496 e.